The first-order chi connectivity index (χ1) is 9.66. The number of hydrogen-bond acceptors (Lipinski definition) is 1. The second-order valence-corrected chi connectivity index (χ2v) is 5.00. The lowest BCUT2D eigenvalue weighted by atomic mass is 10.00. The van der Waals surface area contributed by atoms with Crippen molar-refractivity contribution in [3.05, 3.63) is 60.2 Å². The molecule has 0 bridgehead atoms. The van der Waals surface area contributed by atoms with E-state index in [-0.39, 0.29) is 12.1 Å². The summed E-state index contributed by atoms with van der Waals surface area (Å²) in [6, 6.07) is 18.3. The maximum absolute atomic E-state index is 11.7. The molecule has 0 atom stereocenters. The molecule has 0 aliphatic rings. The lowest BCUT2D eigenvalue weighted by Gasteiger charge is -2.13. The molecule has 0 saturated carbocycles. The van der Waals surface area contributed by atoms with Crippen LogP contribution >= 0.6 is 0 Å². The maximum Gasteiger partial charge on any atom is 0.315 e. The highest BCUT2D eigenvalue weighted by molar-refractivity contribution is 5.75. The molecule has 20 heavy (non-hydrogen) atoms. The van der Waals surface area contributed by atoms with Crippen molar-refractivity contribution in [2.24, 2.45) is 0 Å². The zero-order valence-electron chi connectivity index (χ0n) is 11.9. The topological polar surface area (TPSA) is 41.1 Å². The molecule has 104 valence electrons. The molecule has 0 aliphatic heterocycles. The van der Waals surface area contributed by atoms with Crippen molar-refractivity contribution in [3.63, 3.8) is 0 Å². The Kier molecular flexibility index (Phi) is 4.77. The standard InChI is InChI=1S/C17H20N2O/c1-13(2)19-17(20)18-12-15-10-6-7-11-16(15)14-8-4-3-5-9-14/h3-11,13H,12H2,1-2H3,(H2,18,19,20). The van der Waals surface area contributed by atoms with Gasteiger partial charge in [-0.25, -0.2) is 4.79 Å². The van der Waals surface area contributed by atoms with Gasteiger partial charge in [-0.1, -0.05) is 54.6 Å². The molecule has 2 aromatic rings. The van der Waals surface area contributed by atoms with Crippen LogP contribution in [0.25, 0.3) is 11.1 Å². The van der Waals surface area contributed by atoms with Gasteiger partial charge in [0.2, 0.25) is 0 Å². The molecule has 0 heterocycles. The minimum atomic E-state index is -0.136. The molecule has 2 rings (SSSR count). The predicted octanol–water partition coefficient (Wildman–Crippen LogP) is 3.56. The van der Waals surface area contributed by atoms with Crippen LogP contribution in [-0.4, -0.2) is 12.1 Å². The number of carbonyl (C=O) groups is 1. The van der Waals surface area contributed by atoms with Crippen LogP contribution in [0.15, 0.2) is 54.6 Å². The summed E-state index contributed by atoms with van der Waals surface area (Å²) in [6.07, 6.45) is 0. The summed E-state index contributed by atoms with van der Waals surface area (Å²) in [5.41, 5.74) is 3.42. The largest absolute Gasteiger partial charge is 0.336 e. The highest BCUT2D eigenvalue weighted by Gasteiger charge is 2.06. The van der Waals surface area contributed by atoms with Gasteiger partial charge in [-0.05, 0) is 30.5 Å². The normalized spacial score (nSPS) is 10.3. The van der Waals surface area contributed by atoms with E-state index in [1.54, 1.807) is 0 Å². The summed E-state index contributed by atoms with van der Waals surface area (Å²) < 4.78 is 0. The first-order valence-electron chi connectivity index (χ1n) is 6.84. The molecular weight excluding hydrogens is 248 g/mol. The zero-order chi connectivity index (χ0) is 14.4. The third-order valence-corrected chi connectivity index (χ3v) is 2.96. The molecule has 3 heteroatoms. The monoisotopic (exact) mass is 268 g/mol. The van der Waals surface area contributed by atoms with Crippen molar-refractivity contribution in [3.8, 4) is 11.1 Å². The smallest absolute Gasteiger partial charge is 0.315 e. The molecule has 2 amide bonds. The zero-order valence-corrected chi connectivity index (χ0v) is 11.9. The van der Waals surface area contributed by atoms with Gasteiger partial charge in [0.05, 0.1) is 0 Å². The summed E-state index contributed by atoms with van der Waals surface area (Å²) in [5.74, 6) is 0. The Morgan fingerprint density at radius 3 is 2.35 bits per heavy atom. The van der Waals surface area contributed by atoms with Gasteiger partial charge >= 0.3 is 6.03 Å². The van der Waals surface area contributed by atoms with E-state index in [1.165, 1.54) is 0 Å². The van der Waals surface area contributed by atoms with Crippen LogP contribution in [0, 0.1) is 0 Å². The van der Waals surface area contributed by atoms with Crippen LogP contribution < -0.4 is 10.6 Å². The number of nitrogens with one attached hydrogen (secondary N) is 2. The molecule has 0 aliphatic carbocycles. The van der Waals surface area contributed by atoms with Gasteiger partial charge in [-0.2, -0.15) is 0 Å². The lowest BCUT2D eigenvalue weighted by Crippen LogP contribution is -2.39. The average Bonchev–Trinajstić information content (AvgIpc) is 2.46. The lowest BCUT2D eigenvalue weighted by molar-refractivity contribution is 0.238. The fourth-order valence-electron chi connectivity index (χ4n) is 2.06. The minimum Gasteiger partial charge on any atom is -0.336 e. The van der Waals surface area contributed by atoms with E-state index in [0.29, 0.717) is 6.54 Å². The van der Waals surface area contributed by atoms with E-state index in [0.717, 1.165) is 16.7 Å². The summed E-state index contributed by atoms with van der Waals surface area (Å²) in [4.78, 5) is 11.7. The molecular formula is C17H20N2O. The van der Waals surface area contributed by atoms with E-state index in [2.05, 4.69) is 28.8 Å². The van der Waals surface area contributed by atoms with Gasteiger partial charge in [0.25, 0.3) is 0 Å². The van der Waals surface area contributed by atoms with E-state index in [1.807, 2.05) is 50.2 Å². The van der Waals surface area contributed by atoms with Crippen molar-refractivity contribution in [1.82, 2.24) is 10.6 Å². The third kappa shape index (κ3) is 3.85. The average molecular weight is 268 g/mol. The van der Waals surface area contributed by atoms with E-state index in [9.17, 15) is 4.79 Å². The van der Waals surface area contributed by atoms with Crippen LogP contribution in [0.1, 0.15) is 19.4 Å². The molecule has 0 aromatic heterocycles. The predicted molar refractivity (Wildman–Crippen MR) is 82.4 cm³/mol. The molecule has 0 fully saturated rings. The molecule has 0 unspecified atom stereocenters. The van der Waals surface area contributed by atoms with E-state index < -0.39 is 0 Å². The van der Waals surface area contributed by atoms with Crippen LogP contribution in [0.3, 0.4) is 0 Å². The number of carbonyl (C=O) groups excluding carboxylic acids is 1. The van der Waals surface area contributed by atoms with Gasteiger partial charge in [0.1, 0.15) is 0 Å². The molecule has 0 radical (unpaired) electrons. The minimum absolute atomic E-state index is 0.136. The highest BCUT2D eigenvalue weighted by atomic mass is 16.2. The molecule has 3 nitrogen and oxygen atoms in total. The van der Waals surface area contributed by atoms with Gasteiger partial charge in [0, 0.05) is 12.6 Å². The van der Waals surface area contributed by atoms with Crippen LogP contribution in [-0.2, 0) is 6.54 Å². The quantitative estimate of drug-likeness (QED) is 0.874. The first-order valence-corrected chi connectivity index (χ1v) is 6.84. The van der Waals surface area contributed by atoms with E-state index >= 15 is 0 Å². The Hall–Kier alpha value is -2.29. The number of amides is 2. The molecule has 0 saturated heterocycles. The molecule has 2 aromatic carbocycles. The summed E-state index contributed by atoms with van der Waals surface area (Å²) >= 11 is 0. The van der Waals surface area contributed by atoms with Gasteiger partial charge < -0.3 is 10.6 Å². The summed E-state index contributed by atoms with van der Waals surface area (Å²) in [6.45, 7) is 4.40. The maximum atomic E-state index is 11.7. The third-order valence-electron chi connectivity index (χ3n) is 2.96. The molecule has 2 N–H and O–H groups in total. The second-order valence-electron chi connectivity index (χ2n) is 5.00. The van der Waals surface area contributed by atoms with Crippen molar-refractivity contribution in [1.29, 1.82) is 0 Å². The number of rotatable bonds is 4. The first kappa shape index (κ1) is 14.1. The van der Waals surface area contributed by atoms with Gasteiger partial charge in [-0.15, -0.1) is 0 Å². The SMILES string of the molecule is CC(C)NC(=O)NCc1ccccc1-c1ccccc1. The van der Waals surface area contributed by atoms with Crippen molar-refractivity contribution < 1.29 is 4.79 Å². The Labute approximate surface area is 120 Å². The van der Waals surface area contributed by atoms with Crippen LogP contribution in [0.5, 0.6) is 0 Å². The Bertz CT molecular complexity index is 564. The van der Waals surface area contributed by atoms with Crippen molar-refractivity contribution in [2.45, 2.75) is 26.4 Å². The second kappa shape index (κ2) is 6.75. The Morgan fingerprint density at radius 2 is 1.65 bits per heavy atom. The van der Waals surface area contributed by atoms with Crippen LogP contribution in [0.2, 0.25) is 0 Å². The number of benzene rings is 2. The van der Waals surface area contributed by atoms with Gasteiger partial charge in [-0.3, -0.25) is 0 Å². The Morgan fingerprint density at radius 1 is 1.00 bits per heavy atom. The number of urea groups is 1. The molecule has 0 spiro atoms. The summed E-state index contributed by atoms with van der Waals surface area (Å²) in [5, 5.41) is 5.71. The van der Waals surface area contributed by atoms with Crippen molar-refractivity contribution >= 4 is 6.03 Å². The fourth-order valence-corrected chi connectivity index (χ4v) is 2.06. The van der Waals surface area contributed by atoms with Crippen molar-refractivity contribution in [2.75, 3.05) is 0 Å². The van der Waals surface area contributed by atoms with Crippen LogP contribution in [0.4, 0.5) is 4.79 Å². The summed E-state index contributed by atoms with van der Waals surface area (Å²) in [7, 11) is 0. The highest BCUT2D eigenvalue weighted by Crippen LogP contribution is 2.23. The number of hydrogen-bond donors (Lipinski definition) is 2. The Balaban J connectivity index is 2.11. The van der Waals surface area contributed by atoms with E-state index in [4.69, 9.17) is 0 Å². The van der Waals surface area contributed by atoms with Gasteiger partial charge in [0.15, 0.2) is 0 Å². The fraction of sp³-hybridized carbons (Fsp3) is 0.235.